The minimum Gasteiger partial charge on any atom is -0.338 e. The first kappa shape index (κ1) is 18.2. The van der Waals surface area contributed by atoms with Gasteiger partial charge < -0.3 is 14.8 Å². The molecule has 0 radical (unpaired) electrons. The number of amides is 1. The van der Waals surface area contributed by atoms with Gasteiger partial charge in [-0.3, -0.25) is 4.79 Å². The third-order valence-electron chi connectivity index (χ3n) is 6.02. The molecule has 0 aliphatic carbocycles. The molecular weight excluding hydrogens is 364 g/mol. The summed E-state index contributed by atoms with van der Waals surface area (Å²) < 4.78 is 2.05. The van der Waals surface area contributed by atoms with Gasteiger partial charge in [-0.2, -0.15) is 0 Å². The van der Waals surface area contributed by atoms with Crippen LogP contribution in [0.5, 0.6) is 0 Å². The summed E-state index contributed by atoms with van der Waals surface area (Å²) >= 11 is 0. The average molecular weight is 390 g/mol. The van der Waals surface area contributed by atoms with E-state index in [0.29, 0.717) is 19.5 Å². The third kappa shape index (κ3) is 3.74. The molecule has 1 saturated heterocycles. The van der Waals surface area contributed by atoms with Crippen molar-refractivity contribution in [2.45, 2.75) is 51.2 Å². The molecule has 3 aromatic rings. The number of aromatic nitrogens is 4. The number of aryl methyl sites for hydroxylation is 1. The van der Waals surface area contributed by atoms with Crippen LogP contribution in [0.2, 0.25) is 0 Å². The van der Waals surface area contributed by atoms with Gasteiger partial charge in [0.1, 0.15) is 5.82 Å². The fourth-order valence-corrected chi connectivity index (χ4v) is 4.35. The highest BCUT2D eigenvalue weighted by Gasteiger charge is 2.24. The highest BCUT2D eigenvalue weighted by Crippen LogP contribution is 2.23. The average Bonchev–Trinajstić information content (AvgIpc) is 3.20. The van der Waals surface area contributed by atoms with Gasteiger partial charge in [0.15, 0.2) is 0 Å². The highest BCUT2D eigenvalue weighted by molar-refractivity contribution is 5.77. The van der Waals surface area contributed by atoms with Gasteiger partial charge in [-0.05, 0) is 31.5 Å². The third-order valence-corrected chi connectivity index (χ3v) is 6.02. The summed E-state index contributed by atoms with van der Waals surface area (Å²) in [6, 6.07) is 8.29. The molecule has 7 heteroatoms. The summed E-state index contributed by atoms with van der Waals surface area (Å²) in [5.41, 5.74) is 4.22. The molecule has 2 aliphatic heterocycles. The predicted octanol–water partition coefficient (Wildman–Crippen LogP) is 2.62. The van der Waals surface area contributed by atoms with Crippen molar-refractivity contribution in [3.05, 3.63) is 53.9 Å². The van der Waals surface area contributed by atoms with Crippen molar-refractivity contribution in [1.82, 2.24) is 29.7 Å². The van der Waals surface area contributed by atoms with Crippen molar-refractivity contribution >= 4 is 16.9 Å². The van der Waals surface area contributed by atoms with Crippen LogP contribution in [-0.4, -0.2) is 43.4 Å². The molecule has 1 atom stereocenters. The van der Waals surface area contributed by atoms with Crippen LogP contribution in [0, 0.1) is 0 Å². The second-order valence-corrected chi connectivity index (χ2v) is 7.94. The van der Waals surface area contributed by atoms with Crippen LogP contribution in [0.15, 0.2) is 36.8 Å². The fraction of sp³-hybridized carbons (Fsp3) is 0.455. The van der Waals surface area contributed by atoms with Crippen molar-refractivity contribution in [1.29, 1.82) is 0 Å². The molecule has 2 aromatic heterocycles. The van der Waals surface area contributed by atoms with Gasteiger partial charge in [-0.25, -0.2) is 15.0 Å². The number of hydrogen-bond acceptors (Lipinski definition) is 5. The normalized spacial score (nSPS) is 19.3. The maximum Gasteiger partial charge on any atom is 0.224 e. The van der Waals surface area contributed by atoms with Crippen LogP contribution in [0.3, 0.4) is 0 Å². The predicted molar refractivity (Wildman–Crippen MR) is 110 cm³/mol. The largest absolute Gasteiger partial charge is 0.338 e. The molecule has 29 heavy (non-hydrogen) atoms. The molecular formula is C22H26N6O. The smallest absolute Gasteiger partial charge is 0.224 e. The number of benzene rings is 1. The Morgan fingerprint density at radius 2 is 2.14 bits per heavy atom. The van der Waals surface area contributed by atoms with E-state index in [4.69, 9.17) is 4.98 Å². The first-order valence-electron chi connectivity index (χ1n) is 10.5. The lowest BCUT2D eigenvalue weighted by Crippen LogP contribution is -2.37. The molecule has 150 valence electrons. The maximum absolute atomic E-state index is 12.8. The van der Waals surface area contributed by atoms with E-state index in [1.165, 1.54) is 12.8 Å². The number of rotatable bonds is 4. The summed E-state index contributed by atoms with van der Waals surface area (Å²) in [4.78, 5) is 28.6. The van der Waals surface area contributed by atoms with E-state index >= 15 is 0 Å². The van der Waals surface area contributed by atoms with Crippen LogP contribution >= 0.6 is 0 Å². The SMILES string of the molecule is O=C(CCn1cnc2ccccc21)N1CCc2nc([C@@H]3CCCCN3)ncc2C1. The van der Waals surface area contributed by atoms with Gasteiger partial charge in [-0.1, -0.05) is 18.6 Å². The van der Waals surface area contributed by atoms with Gasteiger partial charge in [0, 0.05) is 44.2 Å². The van der Waals surface area contributed by atoms with E-state index < -0.39 is 0 Å². The molecule has 0 bridgehead atoms. The van der Waals surface area contributed by atoms with Crippen molar-refractivity contribution < 1.29 is 4.79 Å². The lowest BCUT2D eigenvalue weighted by molar-refractivity contribution is -0.132. The van der Waals surface area contributed by atoms with Crippen molar-refractivity contribution in [2.75, 3.05) is 13.1 Å². The number of fused-ring (bicyclic) bond motifs is 2. The van der Waals surface area contributed by atoms with Gasteiger partial charge >= 0.3 is 0 Å². The number of nitrogens with one attached hydrogen (secondary N) is 1. The summed E-state index contributed by atoms with van der Waals surface area (Å²) in [6.07, 6.45) is 8.58. The van der Waals surface area contributed by atoms with E-state index in [1.807, 2.05) is 41.7 Å². The minimum atomic E-state index is 0.173. The minimum absolute atomic E-state index is 0.173. The van der Waals surface area contributed by atoms with Crippen molar-refractivity contribution in [2.24, 2.45) is 0 Å². The summed E-state index contributed by atoms with van der Waals surface area (Å²) in [7, 11) is 0. The zero-order chi connectivity index (χ0) is 19.6. The highest BCUT2D eigenvalue weighted by atomic mass is 16.2. The number of carbonyl (C=O) groups excluding carboxylic acids is 1. The molecule has 0 spiro atoms. The van der Waals surface area contributed by atoms with Gasteiger partial charge in [0.25, 0.3) is 0 Å². The summed E-state index contributed by atoms with van der Waals surface area (Å²) in [5, 5.41) is 3.51. The molecule has 7 nitrogen and oxygen atoms in total. The quantitative estimate of drug-likeness (QED) is 0.741. The molecule has 1 aromatic carbocycles. The van der Waals surface area contributed by atoms with E-state index in [2.05, 4.69) is 19.9 Å². The number of para-hydroxylation sites is 2. The van der Waals surface area contributed by atoms with E-state index in [9.17, 15) is 4.79 Å². The van der Waals surface area contributed by atoms with E-state index in [-0.39, 0.29) is 11.9 Å². The maximum atomic E-state index is 12.8. The Bertz CT molecular complexity index is 1020. The Kier molecular flexibility index (Phi) is 4.97. The number of hydrogen-bond donors (Lipinski definition) is 1. The molecule has 2 aliphatic rings. The van der Waals surface area contributed by atoms with Crippen molar-refractivity contribution in [3.63, 3.8) is 0 Å². The second-order valence-electron chi connectivity index (χ2n) is 7.94. The second kappa shape index (κ2) is 7.91. The summed E-state index contributed by atoms with van der Waals surface area (Å²) in [6.45, 7) is 3.02. The van der Waals surface area contributed by atoms with Gasteiger partial charge in [0.2, 0.25) is 5.91 Å². The molecule has 1 N–H and O–H groups in total. The Hall–Kier alpha value is -2.80. The Labute approximate surface area is 170 Å². The Morgan fingerprint density at radius 1 is 1.21 bits per heavy atom. The monoisotopic (exact) mass is 390 g/mol. The van der Waals surface area contributed by atoms with Crippen LogP contribution < -0.4 is 5.32 Å². The Balaban J connectivity index is 1.22. The fourth-order valence-electron chi connectivity index (χ4n) is 4.35. The first-order chi connectivity index (χ1) is 14.3. The molecule has 5 rings (SSSR count). The number of carbonyl (C=O) groups is 1. The van der Waals surface area contributed by atoms with Crippen LogP contribution in [-0.2, 0) is 24.3 Å². The number of nitrogens with zero attached hydrogens (tertiary/aromatic N) is 5. The molecule has 1 fully saturated rings. The van der Waals surface area contributed by atoms with E-state index in [1.54, 1.807) is 0 Å². The van der Waals surface area contributed by atoms with Crippen LogP contribution in [0.4, 0.5) is 0 Å². The van der Waals surface area contributed by atoms with Crippen LogP contribution in [0.1, 0.15) is 48.8 Å². The van der Waals surface area contributed by atoms with Crippen LogP contribution in [0.25, 0.3) is 11.0 Å². The lowest BCUT2D eigenvalue weighted by atomic mass is 10.0. The van der Waals surface area contributed by atoms with E-state index in [0.717, 1.165) is 54.0 Å². The van der Waals surface area contributed by atoms with Gasteiger partial charge in [0.05, 0.1) is 29.1 Å². The first-order valence-corrected chi connectivity index (χ1v) is 10.5. The lowest BCUT2D eigenvalue weighted by Gasteiger charge is -2.29. The molecule has 0 saturated carbocycles. The zero-order valence-electron chi connectivity index (χ0n) is 16.5. The number of piperidine rings is 1. The standard InChI is InChI=1S/C22H26N6O/c29-21(9-12-28-15-25-18-5-1-2-7-20(18)28)27-11-8-17-16(14-27)13-24-22(26-17)19-6-3-4-10-23-19/h1-2,5,7,13,15,19,23H,3-4,6,8-12,14H2/t19-/m0/s1. The zero-order valence-corrected chi connectivity index (χ0v) is 16.5. The number of imidazole rings is 1. The van der Waals surface area contributed by atoms with Gasteiger partial charge in [-0.15, -0.1) is 0 Å². The summed E-state index contributed by atoms with van der Waals surface area (Å²) in [5.74, 6) is 1.08. The Morgan fingerprint density at radius 3 is 3.03 bits per heavy atom. The molecule has 4 heterocycles. The molecule has 0 unspecified atom stereocenters. The topological polar surface area (TPSA) is 75.9 Å². The molecule has 1 amide bonds. The van der Waals surface area contributed by atoms with Crippen molar-refractivity contribution in [3.8, 4) is 0 Å².